The van der Waals surface area contributed by atoms with Crippen molar-refractivity contribution in [2.45, 2.75) is 12.2 Å². The van der Waals surface area contributed by atoms with Gasteiger partial charge in [-0.2, -0.15) is 13.2 Å². The van der Waals surface area contributed by atoms with Crippen molar-refractivity contribution in [3.63, 3.8) is 0 Å². The summed E-state index contributed by atoms with van der Waals surface area (Å²) in [4.78, 5) is 0. The molecule has 0 aliphatic heterocycles. The monoisotopic (exact) mass is 275 g/mol. The molecule has 0 saturated heterocycles. The van der Waals surface area contributed by atoms with Gasteiger partial charge in [-0.05, 0) is 33.2 Å². The quantitative estimate of drug-likeness (QED) is 0.647. The highest BCUT2D eigenvalue weighted by Gasteiger charge is 2.38. The van der Waals surface area contributed by atoms with Gasteiger partial charge in [0.2, 0.25) is 0 Å². The number of nitrogens with two attached hydrogens (primary N) is 1. The highest BCUT2D eigenvalue weighted by molar-refractivity contribution is 6.09. The Balaban J connectivity index is 2.41. The molecule has 1 nitrogen and oxygen atoms in total. The van der Waals surface area contributed by atoms with Crippen molar-refractivity contribution in [2.75, 3.05) is 0 Å². The van der Waals surface area contributed by atoms with E-state index in [9.17, 15) is 13.2 Å². The van der Waals surface area contributed by atoms with Gasteiger partial charge in [-0.1, -0.05) is 48.5 Å². The molecule has 2 N–H and O–H groups in total. The molecular weight excluding hydrogens is 263 g/mol. The predicted octanol–water partition coefficient (Wildman–Crippen LogP) is 4.56. The summed E-state index contributed by atoms with van der Waals surface area (Å²) in [5.74, 6) is 0. The summed E-state index contributed by atoms with van der Waals surface area (Å²) < 4.78 is 38.8. The van der Waals surface area contributed by atoms with Crippen LogP contribution in [0.2, 0.25) is 0 Å². The summed E-state index contributed by atoms with van der Waals surface area (Å²) in [6.45, 7) is 0. The third-order valence-corrected chi connectivity index (χ3v) is 3.49. The number of benzene rings is 3. The van der Waals surface area contributed by atoms with E-state index >= 15 is 0 Å². The van der Waals surface area contributed by atoms with Crippen LogP contribution in [0.3, 0.4) is 0 Å². The first-order chi connectivity index (χ1) is 9.48. The van der Waals surface area contributed by atoms with Gasteiger partial charge in [-0.25, -0.2) is 0 Å². The zero-order valence-corrected chi connectivity index (χ0v) is 10.5. The molecule has 0 spiro atoms. The molecule has 0 heterocycles. The Morgan fingerprint density at radius 1 is 0.800 bits per heavy atom. The fourth-order valence-corrected chi connectivity index (χ4v) is 2.52. The Morgan fingerprint density at radius 2 is 1.35 bits per heavy atom. The van der Waals surface area contributed by atoms with Crippen molar-refractivity contribution < 1.29 is 13.2 Å². The lowest BCUT2D eigenvalue weighted by Gasteiger charge is -2.19. The van der Waals surface area contributed by atoms with Gasteiger partial charge in [0.25, 0.3) is 0 Å². The number of alkyl halides is 3. The highest BCUT2D eigenvalue weighted by Crippen LogP contribution is 2.37. The number of halogens is 3. The Bertz CT molecular complexity index is 777. The van der Waals surface area contributed by atoms with Crippen LogP contribution in [0.5, 0.6) is 0 Å². The van der Waals surface area contributed by atoms with Crippen molar-refractivity contribution >= 4 is 21.5 Å². The predicted molar refractivity (Wildman–Crippen MR) is 74.4 cm³/mol. The second-order valence-corrected chi connectivity index (χ2v) is 4.75. The van der Waals surface area contributed by atoms with E-state index < -0.39 is 12.2 Å². The minimum absolute atomic E-state index is 0.117. The van der Waals surface area contributed by atoms with E-state index in [1.54, 1.807) is 24.3 Å². The van der Waals surface area contributed by atoms with Crippen LogP contribution in [0.1, 0.15) is 11.6 Å². The zero-order chi connectivity index (χ0) is 14.3. The van der Waals surface area contributed by atoms with Crippen LogP contribution in [0.4, 0.5) is 13.2 Å². The van der Waals surface area contributed by atoms with Crippen molar-refractivity contribution in [1.29, 1.82) is 0 Å². The molecule has 0 aromatic heterocycles. The van der Waals surface area contributed by atoms with Gasteiger partial charge in [0.1, 0.15) is 6.04 Å². The van der Waals surface area contributed by atoms with E-state index in [0.29, 0.717) is 5.39 Å². The van der Waals surface area contributed by atoms with Crippen LogP contribution in [-0.2, 0) is 0 Å². The third kappa shape index (κ3) is 2.02. The second-order valence-electron chi connectivity index (χ2n) is 4.75. The largest absolute Gasteiger partial charge is 0.407 e. The molecule has 0 amide bonds. The Labute approximate surface area is 113 Å². The molecule has 3 rings (SSSR count). The Kier molecular flexibility index (Phi) is 2.91. The Morgan fingerprint density at radius 3 is 2.00 bits per heavy atom. The van der Waals surface area contributed by atoms with Crippen LogP contribution in [0, 0.1) is 0 Å². The molecule has 0 bridgehead atoms. The molecule has 0 unspecified atom stereocenters. The second kappa shape index (κ2) is 4.49. The molecule has 3 aromatic rings. The number of rotatable bonds is 1. The van der Waals surface area contributed by atoms with Crippen LogP contribution in [-0.4, -0.2) is 6.18 Å². The van der Waals surface area contributed by atoms with E-state index in [0.717, 1.165) is 16.2 Å². The van der Waals surface area contributed by atoms with E-state index in [4.69, 9.17) is 5.73 Å². The molecule has 20 heavy (non-hydrogen) atoms. The van der Waals surface area contributed by atoms with Gasteiger partial charge in [-0.15, -0.1) is 0 Å². The molecule has 0 aliphatic carbocycles. The molecule has 3 aromatic carbocycles. The van der Waals surface area contributed by atoms with E-state index in [2.05, 4.69) is 0 Å². The highest BCUT2D eigenvalue weighted by atomic mass is 19.4. The van der Waals surface area contributed by atoms with Crippen LogP contribution < -0.4 is 5.73 Å². The topological polar surface area (TPSA) is 26.0 Å². The summed E-state index contributed by atoms with van der Waals surface area (Å²) in [6.07, 6.45) is -4.45. The lowest BCUT2D eigenvalue weighted by Crippen LogP contribution is -2.28. The molecule has 0 fully saturated rings. The van der Waals surface area contributed by atoms with E-state index in [1.807, 2.05) is 24.3 Å². The van der Waals surface area contributed by atoms with Crippen LogP contribution >= 0.6 is 0 Å². The molecular formula is C16H12F3N. The van der Waals surface area contributed by atoms with Gasteiger partial charge in [0.05, 0.1) is 0 Å². The van der Waals surface area contributed by atoms with Gasteiger partial charge in [0.15, 0.2) is 0 Å². The smallest absolute Gasteiger partial charge is 0.316 e. The minimum Gasteiger partial charge on any atom is -0.316 e. The third-order valence-electron chi connectivity index (χ3n) is 3.49. The number of hydrogen-bond donors (Lipinski definition) is 1. The number of fused-ring (bicyclic) bond motifs is 3. The molecule has 0 aliphatic rings. The van der Waals surface area contributed by atoms with Gasteiger partial charge in [-0.3, -0.25) is 0 Å². The minimum atomic E-state index is -4.45. The standard InChI is InChI=1S/C16H12F3N/c17-16(18,19)15(20)14-9-10-5-1-2-6-11(10)12-7-3-4-8-13(12)14/h1-9,15H,20H2/t15-/m1/s1. The molecule has 4 heteroatoms. The maximum Gasteiger partial charge on any atom is 0.407 e. The van der Waals surface area contributed by atoms with Gasteiger partial charge < -0.3 is 5.73 Å². The van der Waals surface area contributed by atoms with Crippen LogP contribution in [0.15, 0.2) is 54.6 Å². The molecule has 1 atom stereocenters. The zero-order valence-electron chi connectivity index (χ0n) is 10.5. The molecule has 0 saturated carbocycles. The van der Waals surface area contributed by atoms with Crippen molar-refractivity contribution in [3.8, 4) is 0 Å². The number of hydrogen-bond acceptors (Lipinski definition) is 1. The first-order valence-corrected chi connectivity index (χ1v) is 6.21. The SMILES string of the molecule is N[C@H](c1cc2ccccc2c2ccccc12)C(F)(F)F. The Hall–Kier alpha value is -2.07. The summed E-state index contributed by atoms with van der Waals surface area (Å²) >= 11 is 0. The van der Waals surface area contributed by atoms with Crippen molar-refractivity contribution in [3.05, 3.63) is 60.2 Å². The van der Waals surface area contributed by atoms with Crippen molar-refractivity contribution in [2.24, 2.45) is 5.73 Å². The summed E-state index contributed by atoms with van der Waals surface area (Å²) in [6, 6.07) is 14.0. The van der Waals surface area contributed by atoms with Gasteiger partial charge in [0, 0.05) is 0 Å². The maximum absolute atomic E-state index is 12.9. The van der Waals surface area contributed by atoms with E-state index in [1.165, 1.54) is 6.07 Å². The lowest BCUT2D eigenvalue weighted by atomic mass is 9.93. The molecule has 0 radical (unpaired) electrons. The van der Waals surface area contributed by atoms with Crippen LogP contribution in [0.25, 0.3) is 21.5 Å². The maximum atomic E-state index is 12.9. The van der Waals surface area contributed by atoms with E-state index in [-0.39, 0.29) is 5.56 Å². The van der Waals surface area contributed by atoms with Gasteiger partial charge >= 0.3 is 6.18 Å². The summed E-state index contributed by atoms with van der Waals surface area (Å²) in [7, 11) is 0. The molecule has 102 valence electrons. The first kappa shape index (κ1) is 12.9. The fraction of sp³-hybridized carbons (Fsp3) is 0.125. The first-order valence-electron chi connectivity index (χ1n) is 6.21. The summed E-state index contributed by atoms with van der Waals surface area (Å²) in [5.41, 5.74) is 5.52. The normalized spacial score (nSPS) is 13.8. The van der Waals surface area contributed by atoms with Crippen molar-refractivity contribution in [1.82, 2.24) is 0 Å². The average molecular weight is 275 g/mol. The average Bonchev–Trinajstić information content (AvgIpc) is 2.44. The lowest BCUT2D eigenvalue weighted by molar-refractivity contribution is -0.148. The summed E-state index contributed by atoms with van der Waals surface area (Å²) in [5, 5.41) is 3.04. The fourth-order valence-electron chi connectivity index (χ4n) is 2.52.